The molecular weight excluding hydrogens is 530 g/mol. The second-order valence-corrected chi connectivity index (χ2v) is 10.8. The molecule has 3 aromatic heterocycles. The third-order valence-corrected chi connectivity index (χ3v) is 8.32. The van der Waals surface area contributed by atoms with Gasteiger partial charge in [-0.05, 0) is 36.9 Å². The summed E-state index contributed by atoms with van der Waals surface area (Å²) in [6.45, 7) is 4.51. The van der Waals surface area contributed by atoms with E-state index in [1.165, 1.54) is 28.6 Å². The van der Waals surface area contributed by atoms with Gasteiger partial charge in [0.25, 0.3) is 11.5 Å². The Bertz CT molecular complexity index is 1580. The number of halogens is 1. The zero-order valence-corrected chi connectivity index (χ0v) is 22.0. The lowest BCUT2D eigenvalue weighted by atomic mass is 9.80. The summed E-state index contributed by atoms with van der Waals surface area (Å²) in [4.78, 5) is 43.4. The molecule has 0 bridgehead atoms. The highest BCUT2D eigenvalue weighted by molar-refractivity contribution is 7.99. The first-order valence-corrected chi connectivity index (χ1v) is 13.0. The number of anilines is 3. The molecule has 0 unspecified atom stereocenters. The van der Waals surface area contributed by atoms with Crippen molar-refractivity contribution in [2.24, 2.45) is 11.1 Å². The van der Waals surface area contributed by atoms with Crippen molar-refractivity contribution in [3.05, 3.63) is 57.7 Å². The van der Waals surface area contributed by atoms with E-state index in [0.717, 1.165) is 25.9 Å². The topological polar surface area (TPSA) is 181 Å². The van der Waals surface area contributed by atoms with Crippen molar-refractivity contribution in [1.82, 2.24) is 24.3 Å². The van der Waals surface area contributed by atoms with Crippen molar-refractivity contribution >= 4 is 52.4 Å². The number of nitrogens with one attached hydrogen (secondary N) is 2. The molecule has 1 amide bonds. The number of rotatable bonds is 6. The lowest BCUT2D eigenvalue weighted by molar-refractivity contribution is 0.102. The standard InChI is InChI=1S/C24H26ClN9O3S/c1-24(12-26)5-8-33(9-6-24)15-11-29-21(18(27)31-15)38-14-4-2-3-13(17(14)25)30-19(35)16-20(36)32-23-28-7-10-34(23)22(16)37/h2-4,7,10-11,37H,5-6,8-9,12,26H2,1H3,(H2,27,31)(H,30,35)(H,28,32,36). The van der Waals surface area contributed by atoms with Gasteiger partial charge in [0.05, 0.1) is 16.9 Å². The number of nitrogens with zero attached hydrogens (tertiary/aromatic N) is 5. The van der Waals surface area contributed by atoms with Gasteiger partial charge in [0, 0.05) is 30.4 Å². The molecule has 1 aliphatic rings. The fraction of sp³-hybridized carbons (Fsp3) is 0.292. The first-order chi connectivity index (χ1) is 18.2. The monoisotopic (exact) mass is 555 g/mol. The average Bonchev–Trinajstić information content (AvgIpc) is 3.37. The maximum atomic E-state index is 12.9. The number of aromatic hydroxyl groups is 1. The summed E-state index contributed by atoms with van der Waals surface area (Å²) in [7, 11) is 0. The number of benzene rings is 1. The van der Waals surface area contributed by atoms with Crippen LogP contribution in [0.5, 0.6) is 5.88 Å². The molecule has 4 heterocycles. The minimum Gasteiger partial charge on any atom is -0.493 e. The molecule has 5 rings (SSSR count). The fourth-order valence-electron chi connectivity index (χ4n) is 4.23. The van der Waals surface area contributed by atoms with Crippen LogP contribution in [0.4, 0.5) is 17.3 Å². The van der Waals surface area contributed by atoms with Crippen LogP contribution in [0, 0.1) is 5.41 Å². The highest BCUT2D eigenvalue weighted by Crippen LogP contribution is 2.39. The van der Waals surface area contributed by atoms with Gasteiger partial charge in [-0.15, -0.1) is 0 Å². The van der Waals surface area contributed by atoms with Crippen molar-refractivity contribution in [1.29, 1.82) is 0 Å². The zero-order valence-electron chi connectivity index (χ0n) is 20.4. The summed E-state index contributed by atoms with van der Waals surface area (Å²) in [5.41, 5.74) is 11.3. The molecule has 1 aromatic carbocycles. The maximum absolute atomic E-state index is 12.9. The van der Waals surface area contributed by atoms with Crippen LogP contribution in [0.2, 0.25) is 5.02 Å². The Morgan fingerprint density at radius 2 is 2.08 bits per heavy atom. The van der Waals surface area contributed by atoms with Crippen molar-refractivity contribution in [3.8, 4) is 5.88 Å². The van der Waals surface area contributed by atoms with E-state index in [9.17, 15) is 14.7 Å². The van der Waals surface area contributed by atoms with Crippen LogP contribution in [0.25, 0.3) is 5.78 Å². The number of nitrogen functional groups attached to an aromatic ring is 1. The van der Waals surface area contributed by atoms with E-state index in [1.54, 1.807) is 24.4 Å². The number of piperidine rings is 1. The normalized spacial score (nSPS) is 15.1. The maximum Gasteiger partial charge on any atom is 0.269 e. The van der Waals surface area contributed by atoms with Crippen molar-refractivity contribution in [2.45, 2.75) is 29.7 Å². The Hall–Kier alpha value is -3.81. The number of aromatic nitrogens is 5. The van der Waals surface area contributed by atoms with E-state index in [2.05, 4.69) is 37.1 Å². The van der Waals surface area contributed by atoms with Crippen molar-refractivity contribution < 1.29 is 9.90 Å². The van der Waals surface area contributed by atoms with Crippen LogP contribution in [0.3, 0.4) is 0 Å². The molecule has 12 nitrogen and oxygen atoms in total. The third kappa shape index (κ3) is 4.87. The molecule has 1 aliphatic heterocycles. The van der Waals surface area contributed by atoms with E-state index < -0.39 is 22.9 Å². The second kappa shape index (κ2) is 10.2. The lowest BCUT2D eigenvalue weighted by Gasteiger charge is -2.39. The second-order valence-electron chi connectivity index (χ2n) is 9.37. The third-order valence-electron chi connectivity index (χ3n) is 6.73. The van der Waals surface area contributed by atoms with Gasteiger partial charge in [-0.3, -0.25) is 19.0 Å². The quantitative estimate of drug-likeness (QED) is 0.237. The van der Waals surface area contributed by atoms with E-state index in [-0.39, 0.29) is 27.7 Å². The molecule has 7 N–H and O–H groups in total. The van der Waals surface area contributed by atoms with Crippen molar-refractivity contribution in [2.75, 3.05) is 35.6 Å². The molecule has 0 atom stereocenters. The van der Waals surface area contributed by atoms with E-state index >= 15 is 0 Å². The minimum absolute atomic E-state index is 0.111. The average molecular weight is 556 g/mol. The Balaban J connectivity index is 1.33. The SMILES string of the molecule is CC1(CN)CCN(c2cnc(Sc3cccc(NC(=O)c4c(O)n5ccnc5[nH]c4=O)c3Cl)c(N)n2)CC1. The smallest absolute Gasteiger partial charge is 0.269 e. The molecular formula is C24H26ClN9O3S. The van der Waals surface area contributed by atoms with Crippen LogP contribution in [0.15, 0.2) is 51.5 Å². The molecule has 1 fully saturated rings. The Morgan fingerprint density at radius 3 is 2.79 bits per heavy atom. The van der Waals surface area contributed by atoms with E-state index in [4.69, 9.17) is 23.1 Å². The van der Waals surface area contributed by atoms with Gasteiger partial charge in [0.2, 0.25) is 11.7 Å². The number of fused-ring (bicyclic) bond motifs is 1. The van der Waals surface area contributed by atoms with Crippen LogP contribution < -0.4 is 27.2 Å². The number of carbonyl (C=O) groups is 1. The Kier molecular flexibility index (Phi) is 6.90. The zero-order chi connectivity index (χ0) is 27.0. The number of carbonyl (C=O) groups excluding carboxylic acids is 1. The first kappa shape index (κ1) is 25.8. The van der Waals surface area contributed by atoms with Gasteiger partial charge in [-0.2, -0.15) is 0 Å². The molecule has 0 spiro atoms. The van der Waals surface area contributed by atoms with E-state index in [1.807, 2.05) is 0 Å². The number of amides is 1. The van der Waals surface area contributed by atoms with Crippen LogP contribution >= 0.6 is 23.4 Å². The number of aromatic amines is 1. The van der Waals surface area contributed by atoms with Gasteiger partial charge in [-0.1, -0.05) is 36.4 Å². The molecule has 0 radical (unpaired) electrons. The van der Waals surface area contributed by atoms with Gasteiger partial charge >= 0.3 is 0 Å². The minimum atomic E-state index is -0.834. The summed E-state index contributed by atoms with van der Waals surface area (Å²) in [6.07, 6.45) is 6.42. The van der Waals surface area contributed by atoms with Crippen LogP contribution in [-0.2, 0) is 0 Å². The van der Waals surface area contributed by atoms with Gasteiger partial charge < -0.3 is 26.8 Å². The number of hydrogen-bond donors (Lipinski definition) is 5. The summed E-state index contributed by atoms with van der Waals surface area (Å²) < 4.78 is 1.19. The first-order valence-electron chi connectivity index (χ1n) is 11.8. The largest absolute Gasteiger partial charge is 0.493 e. The van der Waals surface area contributed by atoms with Gasteiger partial charge in [0.1, 0.15) is 10.8 Å². The molecule has 38 heavy (non-hydrogen) atoms. The van der Waals surface area contributed by atoms with Crippen LogP contribution in [-0.4, -0.2) is 55.0 Å². The molecule has 198 valence electrons. The predicted molar refractivity (Wildman–Crippen MR) is 146 cm³/mol. The summed E-state index contributed by atoms with van der Waals surface area (Å²) in [5.74, 6) is -0.295. The van der Waals surface area contributed by atoms with Crippen LogP contribution in [0.1, 0.15) is 30.1 Å². The van der Waals surface area contributed by atoms with Crippen molar-refractivity contribution in [3.63, 3.8) is 0 Å². The highest BCUT2D eigenvalue weighted by atomic mass is 35.5. The predicted octanol–water partition coefficient (Wildman–Crippen LogP) is 2.72. The highest BCUT2D eigenvalue weighted by Gasteiger charge is 2.29. The summed E-state index contributed by atoms with van der Waals surface area (Å²) in [5, 5.41) is 13.7. The lowest BCUT2D eigenvalue weighted by Crippen LogP contribution is -2.42. The fourth-order valence-corrected chi connectivity index (χ4v) is 5.33. The molecule has 4 aromatic rings. The Labute approximate surface area is 226 Å². The molecule has 14 heteroatoms. The molecule has 1 saturated heterocycles. The number of H-pyrrole nitrogens is 1. The summed E-state index contributed by atoms with van der Waals surface area (Å²) in [6, 6.07) is 5.01. The number of nitrogens with two attached hydrogens (primary N) is 2. The number of hydrogen-bond acceptors (Lipinski definition) is 10. The summed E-state index contributed by atoms with van der Waals surface area (Å²) >= 11 is 7.79. The van der Waals surface area contributed by atoms with Gasteiger partial charge in [-0.25, -0.2) is 15.0 Å². The number of imidazole rings is 1. The molecule has 0 aliphatic carbocycles. The molecule has 0 saturated carbocycles. The Morgan fingerprint density at radius 1 is 1.32 bits per heavy atom. The van der Waals surface area contributed by atoms with Gasteiger partial charge in [0.15, 0.2) is 11.4 Å². The van der Waals surface area contributed by atoms with E-state index in [0.29, 0.717) is 22.3 Å².